The van der Waals surface area contributed by atoms with Crippen molar-refractivity contribution in [3.63, 3.8) is 0 Å². The summed E-state index contributed by atoms with van der Waals surface area (Å²) in [5, 5.41) is 13.2. The van der Waals surface area contributed by atoms with Crippen LogP contribution in [0.25, 0.3) is 0 Å². The average molecular weight is 264 g/mol. The molecular formula is C15H24N2O2. The van der Waals surface area contributed by atoms with E-state index in [2.05, 4.69) is 10.3 Å². The van der Waals surface area contributed by atoms with Gasteiger partial charge in [0.1, 0.15) is 0 Å². The van der Waals surface area contributed by atoms with Gasteiger partial charge in [-0.1, -0.05) is 31.7 Å². The molecule has 1 aliphatic rings. The first-order valence-electron chi connectivity index (χ1n) is 7.20. The summed E-state index contributed by atoms with van der Waals surface area (Å²) in [5.41, 5.74) is 1.02. The normalized spacial score (nSPS) is 18.8. The number of nitrogens with one attached hydrogen (secondary N) is 1. The number of pyridine rings is 1. The molecule has 0 saturated heterocycles. The van der Waals surface area contributed by atoms with Gasteiger partial charge in [-0.25, -0.2) is 4.98 Å². The van der Waals surface area contributed by atoms with Gasteiger partial charge < -0.3 is 15.2 Å². The van der Waals surface area contributed by atoms with E-state index in [0.717, 1.165) is 5.56 Å². The number of aliphatic hydroxyl groups excluding tert-OH is 1. The Labute approximate surface area is 115 Å². The van der Waals surface area contributed by atoms with Crippen LogP contribution in [-0.2, 0) is 0 Å². The van der Waals surface area contributed by atoms with Crippen LogP contribution in [0.3, 0.4) is 0 Å². The molecule has 2 rings (SSSR count). The molecule has 0 bridgehead atoms. The van der Waals surface area contributed by atoms with Crippen molar-refractivity contribution in [3.05, 3.63) is 23.9 Å². The fourth-order valence-electron chi connectivity index (χ4n) is 2.70. The molecule has 19 heavy (non-hydrogen) atoms. The van der Waals surface area contributed by atoms with Crippen LogP contribution < -0.4 is 10.1 Å². The zero-order valence-electron chi connectivity index (χ0n) is 11.6. The minimum Gasteiger partial charge on any atom is -0.481 e. The van der Waals surface area contributed by atoms with E-state index in [0.29, 0.717) is 11.9 Å². The minimum absolute atomic E-state index is 0.0264. The van der Waals surface area contributed by atoms with E-state index in [-0.39, 0.29) is 12.6 Å². The predicted octanol–water partition coefficient (Wildman–Crippen LogP) is 2.44. The van der Waals surface area contributed by atoms with Crippen molar-refractivity contribution in [2.24, 2.45) is 0 Å². The van der Waals surface area contributed by atoms with Crippen molar-refractivity contribution < 1.29 is 9.84 Å². The molecule has 0 radical (unpaired) electrons. The Hall–Kier alpha value is -1.13. The Kier molecular flexibility index (Phi) is 5.61. The molecule has 1 unspecified atom stereocenters. The number of hydrogen-bond donors (Lipinski definition) is 2. The van der Waals surface area contributed by atoms with Gasteiger partial charge in [0.15, 0.2) is 0 Å². The van der Waals surface area contributed by atoms with E-state index in [1.807, 2.05) is 12.1 Å². The molecule has 1 aromatic heterocycles. The van der Waals surface area contributed by atoms with Gasteiger partial charge in [0.2, 0.25) is 5.88 Å². The van der Waals surface area contributed by atoms with Crippen molar-refractivity contribution in [1.82, 2.24) is 10.3 Å². The van der Waals surface area contributed by atoms with Crippen LogP contribution in [0.1, 0.15) is 50.1 Å². The molecule has 0 aliphatic heterocycles. The van der Waals surface area contributed by atoms with Gasteiger partial charge in [-0.15, -0.1) is 0 Å². The smallest absolute Gasteiger partial charge is 0.212 e. The molecule has 1 fully saturated rings. The Morgan fingerprint density at radius 1 is 1.32 bits per heavy atom. The van der Waals surface area contributed by atoms with Crippen molar-refractivity contribution in [2.45, 2.75) is 50.6 Å². The lowest BCUT2D eigenvalue weighted by atomic mass is 10.0. The summed E-state index contributed by atoms with van der Waals surface area (Å²) in [6, 6.07) is 4.30. The van der Waals surface area contributed by atoms with Crippen LogP contribution >= 0.6 is 0 Å². The highest BCUT2D eigenvalue weighted by atomic mass is 16.5. The Morgan fingerprint density at radius 3 is 2.58 bits per heavy atom. The maximum atomic E-state index is 9.59. The summed E-state index contributed by atoms with van der Waals surface area (Å²) in [6.45, 7) is 0.102. The third-order valence-electron chi connectivity index (χ3n) is 3.85. The SMILES string of the molecule is COc1ccc(C(CO)NC2CCCCCC2)cn1. The molecule has 1 heterocycles. The second kappa shape index (κ2) is 7.46. The number of aromatic nitrogens is 1. The average Bonchev–Trinajstić information content (AvgIpc) is 2.73. The third-order valence-corrected chi connectivity index (χ3v) is 3.85. The first-order valence-corrected chi connectivity index (χ1v) is 7.20. The van der Waals surface area contributed by atoms with E-state index in [9.17, 15) is 5.11 Å². The summed E-state index contributed by atoms with van der Waals surface area (Å²) in [5.74, 6) is 0.606. The number of ether oxygens (including phenoxy) is 1. The maximum absolute atomic E-state index is 9.59. The van der Waals surface area contributed by atoms with E-state index in [1.54, 1.807) is 13.3 Å². The molecule has 106 valence electrons. The van der Waals surface area contributed by atoms with Crippen molar-refractivity contribution in [1.29, 1.82) is 0 Å². The maximum Gasteiger partial charge on any atom is 0.212 e. The molecule has 4 nitrogen and oxygen atoms in total. The van der Waals surface area contributed by atoms with Crippen molar-refractivity contribution in [3.8, 4) is 5.88 Å². The summed E-state index contributed by atoms with van der Waals surface area (Å²) in [7, 11) is 1.61. The second-order valence-corrected chi connectivity index (χ2v) is 5.22. The molecule has 0 spiro atoms. The largest absolute Gasteiger partial charge is 0.481 e. The van der Waals surface area contributed by atoms with Gasteiger partial charge in [-0.3, -0.25) is 0 Å². The molecular weight excluding hydrogens is 240 g/mol. The fraction of sp³-hybridized carbons (Fsp3) is 0.667. The molecule has 2 N–H and O–H groups in total. The summed E-state index contributed by atoms with van der Waals surface area (Å²) in [6.07, 6.45) is 9.45. The molecule has 1 atom stereocenters. The van der Waals surface area contributed by atoms with Gasteiger partial charge in [-0.05, 0) is 18.4 Å². The molecule has 0 aromatic carbocycles. The zero-order valence-corrected chi connectivity index (χ0v) is 11.6. The molecule has 1 aliphatic carbocycles. The number of hydrogen-bond acceptors (Lipinski definition) is 4. The summed E-state index contributed by atoms with van der Waals surface area (Å²) in [4.78, 5) is 4.20. The van der Waals surface area contributed by atoms with Gasteiger partial charge in [0.05, 0.1) is 19.8 Å². The first-order chi connectivity index (χ1) is 9.33. The minimum atomic E-state index is -0.0264. The third kappa shape index (κ3) is 4.18. The lowest BCUT2D eigenvalue weighted by molar-refractivity contribution is 0.228. The number of nitrogens with zero attached hydrogens (tertiary/aromatic N) is 1. The van der Waals surface area contributed by atoms with Crippen LogP contribution in [0.4, 0.5) is 0 Å². The highest BCUT2D eigenvalue weighted by molar-refractivity contribution is 5.21. The van der Waals surface area contributed by atoms with Gasteiger partial charge in [-0.2, -0.15) is 0 Å². The topological polar surface area (TPSA) is 54.4 Å². The van der Waals surface area contributed by atoms with Crippen molar-refractivity contribution in [2.75, 3.05) is 13.7 Å². The van der Waals surface area contributed by atoms with E-state index in [1.165, 1.54) is 38.5 Å². The first kappa shape index (κ1) is 14.3. The van der Waals surface area contributed by atoms with Crippen LogP contribution in [0.5, 0.6) is 5.88 Å². The molecule has 1 saturated carbocycles. The zero-order chi connectivity index (χ0) is 13.5. The monoisotopic (exact) mass is 264 g/mol. The lowest BCUT2D eigenvalue weighted by Gasteiger charge is -2.23. The van der Waals surface area contributed by atoms with Crippen LogP contribution in [0, 0.1) is 0 Å². The number of methoxy groups -OCH3 is 1. The molecule has 1 aromatic rings. The number of aliphatic hydroxyl groups is 1. The van der Waals surface area contributed by atoms with Crippen LogP contribution in [-0.4, -0.2) is 29.8 Å². The standard InChI is InChI=1S/C15H24N2O2/c1-19-15-9-8-12(10-16-15)14(11-18)17-13-6-4-2-3-5-7-13/h8-10,13-14,17-18H,2-7,11H2,1H3. The van der Waals surface area contributed by atoms with Crippen molar-refractivity contribution >= 4 is 0 Å². The number of rotatable bonds is 5. The van der Waals surface area contributed by atoms with E-state index < -0.39 is 0 Å². The highest BCUT2D eigenvalue weighted by Crippen LogP contribution is 2.21. The summed E-state index contributed by atoms with van der Waals surface area (Å²) < 4.78 is 5.06. The highest BCUT2D eigenvalue weighted by Gasteiger charge is 2.18. The quantitative estimate of drug-likeness (QED) is 0.802. The van der Waals surface area contributed by atoms with Crippen LogP contribution in [0.2, 0.25) is 0 Å². The predicted molar refractivity (Wildman–Crippen MR) is 75.2 cm³/mol. The Morgan fingerprint density at radius 2 is 2.05 bits per heavy atom. The van der Waals surface area contributed by atoms with E-state index >= 15 is 0 Å². The molecule has 4 heteroatoms. The lowest BCUT2D eigenvalue weighted by Crippen LogP contribution is -2.34. The molecule has 0 amide bonds. The van der Waals surface area contributed by atoms with Gasteiger partial charge in [0.25, 0.3) is 0 Å². The van der Waals surface area contributed by atoms with Crippen LogP contribution in [0.15, 0.2) is 18.3 Å². The Bertz CT molecular complexity index is 359. The fourth-order valence-corrected chi connectivity index (χ4v) is 2.70. The summed E-state index contributed by atoms with van der Waals surface area (Å²) >= 11 is 0. The Balaban J connectivity index is 1.97. The van der Waals surface area contributed by atoms with E-state index in [4.69, 9.17) is 4.74 Å². The van der Waals surface area contributed by atoms with Gasteiger partial charge >= 0.3 is 0 Å². The second-order valence-electron chi connectivity index (χ2n) is 5.22. The van der Waals surface area contributed by atoms with Gasteiger partial charge in [0, 0.05) is 18.3 Å².